The molecule has 1 saturated carbocycles. The van der Waals surface area contributed by atoms with Gasteiger partial charge in [-0.05, 0) is 30.7 Å². The average Bonchev–Trinajstić information content (AvgIpc) is 2.61. The van der Waals surface area contributed by atoms with Crippen molar-refractivity contribution in [3.8, 4) is 12.3 Å². The van der Waals surface area contributed by atoms with Gasteiger partial charge in [-0.25, -0.2) is 0 Å². The Morgan fingerprint density at radius 3 is 3.08 bits per heavy atom. The number of nitrogens with zero attached hydrogens (tertiary/aromatic N) is 1. The van der Waals surface area contributed by atoms with Crippen LogP contribution in [0.4, 0.5) is 0 Å². The Hall–Kier alpha value is -0.520. The van der Waals surface area contributed by atoms with Gasteiger partial charge >= 0.3 is 0 Å². The van der Waals surface area contributed by atoms with E-state index in [1.54, 1.807) is 0 Å². The van der Waals surface area contributed by atoms with Gasteiger partial charge in [-0.1, -0.05) is 12.3 Å². The van der Waals surface area contributed by atoms with Gasteiger partial charge in [-0.2, -0.15) is 0 Å². The number of terminal acetylenes is 1. The highest BCUT2D eigenvalue weighted by Gasteiger charge is 2.47. The second kappa shape index (κ2) is 3.32. The molecule has 2 fully saturated rings. The SMILES string of the molecule is C#CCN1CC2CCCC2(CN)C1. The van der Waals surface area contributed by atoms with Gasteiger partial charge in [0.1, 0.15) is 0 Å². The molecule has 2 rings (SSSR count). The fraction of sp³-hybridized carbons (Fsp3) is 0.818. The molecule has 0 aromatic rings. The molecule has 0 radical (unpaired) electrons. The summed E-state index contributed by atoms with van der Waals surface area (Å²) in [5.74, 6) is 3.55. The quantitative estimate of drug-likeness (QED) is 0.630. The van der Waals surface area contributed by atoms with Crippen LogP contribution in [0.25, 0.3) is 0 Å². The van der Waals surface area contributed by atoms with E-state index in [4.69, 9.17) is 12.2 Å². The predicted octanol–water partition coefficient (Wildman–Crippen LogP) is 0.680. The highest BCUT2D eigenvalue weighted by Crippen LogP contribution is 2.47. The van der Waals surface area contributed by atoms with Crippen LogP contribution in [-0.2, 0) is 0 Å². The summed E-state index contributed by atoms with van der Waals surface area (Å²) in [4.78, 5) is 2.39. The van der Waals surface area contributed by atoms with Crippen molar-refractivity contribution >= 4 is 0 Å². The molecular weight excluding hydrogens is 160 g/mol. The summed E-state index contributed by atoms with van der Waals surface area (Å²) in [6.45, 7) is 3.97. The van der Waals surface area contributed by atoms with Crippen LogP contribution in [-0.4, -0.2) is 31.1 Å². The molecular formula is C11H18N2. The van der Waals surface area contributed by atoms with Crippen molar-refractivity contribution in [2.45, 2.75) is 19.3 Å². The minimum absolute atomic E-state index is 0.427. The van der Waals surface area contributed by atoms with Gasteiger partial charge < -0.3 is 5.73 Å². The lowest BCUT2D eigenvalue weighted by atomic mass is 9.81. The normalized spacial score (nSPS) is 38.9. The molecule has 1 heterocycles. The summed E-state index contributed by atoms with van der Waals surface area (Å²) >= 11 is 0. The Morgan fingerprint density at radius 1 is 1.62 bits per heavy atom. The fourth-order valence-corrected chi connectivity index (χ4v) is 3.11. The van der Waals surface area contributed by atoms with E-state index in [1.165, 1.54) is 25.8 Å². The van der Waals surface area contributed by atoms with Gasteiger partial charge in [0.2, 0.25) is 0 Å². The molecule has 13 heavy (non-hydrogen) atoms. The molecule has 2 heteroatoms. The Morgan fingerprint density at radius 2 is 2.46 bits per heavy atom. The molecule has 72 valence electrons. The number of fused-ring (bicyclic) bond motifs is 1. The Kier molecular flexibility index (Phi) is 2.31. The van der Waals surface area contributed by atoms with Crippen molar-refractivity contribution in [2.75, 3.05) is 26.2 Å². The summed E-state index contributed by atoms with van der Waals surface area (Å²) in [7, 11) is 0. The summed E-state index contributed by atoms with van der Waals surface area (Å²) in [6.07, 6.45) is 9.36. The maximum absolute atomic E-state index is 5.89. The molecule has 0 aromatic heterocycles. The first-order chi connectivity index (χ1) is 6.30. The molecule has 0 spiro atoms. The maximum atomic E-state index is 5.89. The first kappa shape index (κ1) is 9.05. The summed E-state index contributed by atoms with van der Waals surface area (Å²) in [5.41, 5.74) is 6.32. The van der Waals surface area contributed by atoms with Crippen molar-refractivity contribution in [1.82, 2.24) is 4.90 Å². The number of hydrogen-bond acceptors (Lipinski definition) is 2. The highest BCUT2D eigenvalue weighted by molar-refractivity contribution is 5.03. The van der Waals surface area contributed by atoms with E-state index < -0.39 is 0 Å². The number of rotatable bonds is 2. The van der Waals surface area contributed by atoms with E-state index in [0.29, 0.717) is 5.41 Å². The van der Waals surface area contributed by atoms with Crippen LogP contribution in [0.1, 0.15) is 19.3 Å². The topological polar surface area (TPSA) is 29.3 Å². The van der Waals surface area contributed by atoms with Crippen LogP contribution >= 0.6 is 0 Å². The van der Waals surface area contributed by atoms with Crippen molar-refractivity contribution in [1.29, 1.82) is 0 Å². The monoisotopic (exact) mass is 178 g/mol. The lowest BCUT2D eigenvalue weighted by molar-refractivity contribution is 0.259. The van der Waals surface area contributed by atoms with Crippen LogP contribution in [0.5, 0.6) is 0 Å². The first-order valence-corrected chi connectivity index (χ1v) is 5.16. The largest absolute Gasteiger partial charge is 0.330 e. The molecule has 2 atom stereocenters. The lowest BCUT2D eigenvalue weighted by Gasteiger charge is -2.26. The predicted molar refractivity (Wildman–Crippen MR) is 54.1 cm³/mol. The van der Waals surface area contributed by atoms with E-state index in [0.717, 1.165) is 25.6 Å². The van der Waals surface area contributed by atoms with Crippen molar-refractivity contribution in [2.24, 2.45) is 17.1 Å². The molecule has 0 amide bonds. The van der Waals surface area contributed by atoms with Crippen molar-refractivity contribution < 1.29 is 0 Å². The Balaban J connectivity index is 2.05. The second-order valence-electron chi connectivity index (χ2n) is 4.53. The van der Waals surface area contributed by atoms with E-state index in [-0.39, 0.29) is 0 Å². The zero-order valence-electron chi connectivity index (χ0n) is 8.13. The summed E-state index contributed by atoms with van der Waals surface area (Å²) in [6, 6.07) is 0. The fourth-order valence-electron chi connectivity index (χ4n) is 3.11. The maximum Gasteiger partial charge on any atom is 0.0599 e. The van der Waals surface area contributed by atoms with E-state index in [9.17, 15) is 0 Å². The van der Waals surface area contributed by atoms with Gasteiger partial charge in [-0.15, -0.1) is 6.42 Å². The number of likely N-dealkylation sites (tertiary alicyclic amines) is 1. The smallest absolute Gasteiger partial charge is 0.0599 e. The van der Waals surface area contributed by atoms with Gasteiger partial charge in [0, 0.05) is 13.1 Å². The third-order valence-corrected chi connectivity index (χ3v) is 3.83. The van der Waals surface area contributed by atoms with Gasteiger partial charge in [0.15, 0.2) is 0 Å². The summed E-state index contributed by atoms with van der Waals surface area (Å²) < 4.78 is 0. The van der Waals surface area contributed by atoms with Gasteiger partial charge in [-0.3, -0.25) is 4.90 Å². The molecule has 2 unspecified atom stereocenters. The van der Waals surface area contributed by atoms with Crippen LogP contribution in [0.15, 0.2) is 0 Å². The van der Waals surface area contributed by atoms with Gasteiger partial charge in [0.05, 0.1) is 6.54 Å². The zero-order valence-corrected chi connectivity index (χ0v) is 8.13. The Bertz CT molecular complexity index is 231. The van der Waals surface area contributed by atoms with Crippen LogP contribution in [0, 0.1) is 23.7 Å². The molecule has 2 aliphatic rings. The Labute approximate surface area is 80.5 Å². The second-order valence-corrected chi connectivity index (χ2v) is 4.53. The lowest BCUT2D eigenvalue weighted by Crippen LogP contribution is -2.35. The standard InChI is InChI=1S/C11H18N2/c1-2-6-13-7-10-4-3-5-11(10,8-12)9-13/h1,10H,3-9,12H2. The van der Waals surface area contributed by atoms with Crippen molar-refractivity contribution in [3.05, 3.63) is 0 Å². The minimum Gasteiger partial charge on any atom is -0.330 e. The molecule has 1 aliphatic heterocycles. The third-order valence-electron chi connectivity index (χ3n) is 3.83. The van der Waals surface area contributed by atoms with Crippen molar-refractivity contribution in [3.63, 3.8) is 0 Å². The van der Waals surface area contributed by atoms with Crippen LogP contribution < -0.4 is 5.73 Å². The zero-order chi connectivity index (χ0) is 9.31. The summed E-state index contributed by atoms with van der Waals surface area (Å²) in [5, 5.41) is 0. The number of hydrogen-bond donors (Lipinski definition) is 1. The first-order valence-electron chi connectivity index (χ1n) is 5.16. The number of nitrogens with two attached hydrogens (primary N) is 1. The minimum atomic E-state index is 0.427. The third kappa shape index (κ3) is 1.37. The molecule has 0 bridgehead atoms. The van der Waals surface area contributed by atoms with E-state index in [1.807, 2.05) is 0 Å². The molecule has 2 N–H and O–H groups in total. The van der Waals surface area contributed by atoms with E-state index >= 15 is 0 Å². The van der Waals surface area contributed by atoms with Crippen LogP contribution in [0.2, 0.25) is 0 Å². The molecule has 2 nitrogen and oxygen atoms in total. The van der Waals surface area contributed by atoms with Crippen LogP contribution in [0.3, 0.4) is 0 Å². The molecule has 1 aliphatic carbocycles. The molecule has 0 aromatic carbocycles. The van der Waals surface area contributed by atoms with E-state index in [2.05, 4.69) is 10.8 Å². The highest BCUT2D eigenvalue weighted by atomic mass is 15.2. The van der Waals surface area contributed by atoms with Gasteiger partial charge in [0.25, 0.3) is 0 Å². The average molecular weight is 178 g/mol. The molecule has 1 saturated heterocycles.